The number of nitrogens with zero attached hydrogens (tertiary/aromatic N) is 1. The number of aryl methyl sites for hydroxylation is 2. The molecular weight excluding hydrogens is 304 g/mol. The van der Waals surface area contributed by atoms with Crippen LogP contribution in [0.3, 0.4) is 0 Å². The summed E-state index contributed by atoms with van der Waals surface area (Å²) in [5.74, 6) is -0.761. The lowest BCUT2D eigenvalue weighted by molar-refractivity contribution is -0.124. The summed E-state index contributed by atoms with van der Waals surface area (Å²) >= 11 is 0. The van der Waals surface area contributed by atoms with Gasteiger partial charge in [-0.3, -0.25) is 9.59 Å². The fourth-order valence-corrected chi connectivity index (χ4v) is 2.64. The van der Waals surface area contributed by atoms with Gasteiger partial charge in [0.25, 0.3) is 5.91 Å². The molecule has 1 aromatic rings. The molecule has 6 heteroatoms. The molecule has 1 heterocycles. The molecule has 2 rings (SSSR count). The third-order valence-electron chi connectivity index (χ3n) is 4.06. The molecule has 0 aromatic heterocycles. The molecule has 1 aromatic carbocycles. The zero-order valence-electron chi connectivity index (χ0n) is 14.0. The Bertz CT molecular complexity index is 697. The Balaban J connectivity index is 2.00. The molecule has 1 aliphatic heterocycles. The molecule has 2 amide bonds. The maximum Gasteiger partial charge on any atom is 0.267 e. The number of carbonyl (C=O) groups excluding carboxylic acids is 2. The minimum absolute atomic E-state index is 0.0788. The number of nitrogens with one attached hydrogen (secondary N) is 3. The van der Waals surface area contributed by atoms with Crippen molar-refractivity contribution < 1.29 is 9.59 Å². The van der Waals surface area contributed by atoms with Crippen LogP contribution >= 0.6 is 0 Å². The first-order valence-corrected chi connectivity index (χ1v) is 8.01. The summed E-state index contributed by atoms with van der Waals surface area (Å²) in [6.45, 7) is 5.47. The topological polar surface area (TPSA) is 94.0 Å². The molecular formula is C18H22N4O2. The van der Waals surface area contributed by atoms with E-state index in [4.69, 9.17) is 0 Å². The van der Waals surface area contributed by atoms with E-state index in [1.54, 1.807) is 6.07 Å². The minimum atomic E-state index is -0.532. The summed E-state index contributed by atoms with van der Waals surface area (Å²) in [5.41, 5.74) is 2.53. The number of hydrogen-bond acceptors (Lipinski definition) is 4. The summed E-state index contributed by atoms with van der Waals surface area (Å²) in [6, 6.07) is 7.46. The maximum absolute atomic E-state index is 12.2. The first-order valence-electron chi connectivity index (χ1n) is 8.01. The van der Waals surface area contributed by atoms with E-state index in [0.717, 1.165) is 37.1 Å². The van der Waals surface area contributed by atoms with Crippen molar-refractivity contribution in [2.45, 2.75) is 26.7 Å². The molecule has 3 N–H and O–H groups in total. The molecule has 1 fully saturated rings. The molecule has 0 bridgehead atoms. The van der Waals surface area contributed by atoms with Crippen LogP contribution in [0.5, 0.6) is 0 Å². The summed E-state index contributed by atoms with van der Waals surface area (Å²) in [5, 5.41) is 17.6. The van der Waals surface area contributed by atoms with E-state index in [-0.39, 0.29) is 17.4 Å². The highest BCUT2D eigenvalue weighted by atomic mass is 16.2. The van der Waals surface area contributed by atoms with Gasteiger partial charge in [0.1, 0.15) is 11.6 Å². The molecule has 0 saturated carbocycles. The van der Waals surface area contributed by atoms with Gasteiger partial charge in [-0.15, -0.1) is 0 Å². The second-order valence-corrected chi connectivity index (χ2v) is 5.98. The number of rotatable bonds is 4. The SMILES string of the molecule is Cc1ccc(NC(=O)/C(C#N)=C\NC(=O)C2CCNCC2)c(C)c1. The van der Waals surface area contributed by atoms with Gasteiger partial charge in [-0.05, 0) is 51.4 Å². The Morgan fingerprint density at radius 3 is 2.62 bits per heavy atom. The van der Waals surface area contributed by atoms with Crippen LogP contribution in [0.4, 0.5) is 5.69 Å². The van der Waals surface area contributed by atoms with Gasteiger partial charge in [0.15, 0.2) is 0 Å². The van der Waals surface area contributed by atoms with Gasteiger partial charge < -0.3 is 16.0 Å². The predicted molar refractivity (Wildman–Crippen MR) is 92.0 cm³/mol. The van der Waals surface area contributed by atoms with Crippen molar-refractivity contribution in [2.24, 2.45) is 5.92 Å². The Kier molecular flexibility index (Phi) is 6.10. The molecule has 6 nitrogen and oxygen atoms in total. The molecule has 0 radical (unpaired) electrons. The van der Waals surface area contributed by atoms with Gasteiger partial charge in [0.05, 0.1) is 0 Å². The zero-order chi connectivity index (χ0) is 17.5. The van der Waals surface area contributed by atoms with Gasteiger partial charge in [0, 0.05) is 17.8 Å². The molecule has 0 atom stereocenters. The van der Waals surface area contributed by atoms with E-state index < -0.39 is 5.91 Å². The van der Waals surface area contributed by atoms with Gasteiger partial charge in [-0.1, -0.05) is 17.7 Å². The maximum atomic E-state index is 12.2. The zero-order valence-corrected chi connectivity index (χ0v) is 14.0. The summed E-state index contributed by atoms with van der Waals surface area (Å²) < 4.78 is 0. The van der Waals surface area contributed by atoms with Crippen molar-refractivity contribution in [3.63, 3.8) is 0 Å². The van der Waals surface area contributed by atoms with Crippen molar-refractivity contribution in [3.8, 4) is 6.07 Å². The van der Waals surface area contributed by atoms with Gasteiger partial charge >= 0.3 is 0 Å². The average Bonchev–Trinajstić information content (AvgIpc) is 2.58. The van der Waals surface area contributed by atoms with Gasteiger partial charge in [-0.25, -0.2) is 0 Å². The van der Waals surface area contributed by atoms with E-state index in [9.17, 15) is 14.9 Å². The Labute approximate surface area is 141 Å². The second-order valence-electron chi connectivity index (χ2n) is 5.98. The lowest BCUT2D eigenvalue weighted by Crippen LogP contribution is -2.36. The van der Waals surface area contributed by atoms with E-state index in [1.165, 1.54) is 6.20 Å². The van der Waals surface area contributed by atoms with E-state index in [2.05, 4.69) is 16.0 Å². The van der Waals surface area contributed by atoms with Crippen LogP contribution in [-0.4, -0.2) is 24.9 Å². The summed E-state index contributed by atoms with van der Waals surface area (Å²) in [4.78, 5) is 24.3. The highest BCUT2D eigenvalue weighted by molar-refractivity contribution is 6.07. The van der Waals surface area contributed by atoms with E-state index >= 15 is 0 Å². The van der Waals surface area contributed by atoms with Crippen LogP contribution in [0.15, 0.2) is 30.0 Å². The Morgan fingerprint density at radius 2 is 2.00 bits per heavy atom. The van der Waals surface area contributed by atoms with Gasteiger partial charge in [0.2, 0.25) is 5.91 Å². The third kappa shape index (κ3) is 4.67. The van der Waals surface area contributed by atoms with Crippen molar-refractivity contribution >= 4 is 17.5 Å². The number of carbonyl (C=O) groups is 2. The monoisotopic (exact) mass is 326 g/mol. The minimum Gasteiger partial charge on any atom is -0.331 e. The largest absolute Gasteiger partial charge is 0.331 e. The summed E-state index contributed by atoms with van der Waals surface area (Å²) in [6.07, 6.45) is 2.72. The van der Waals surface area contributed by atoms with Gasteiger partial charge in [-0.2, -0.15) is 5.26 Å². The molecule has 126 valence electrons. The van der Waals surface area contributed by atoms with Crippen molar-refractivity contribution in [3.05, 3.63) is 41.1 Å². The summed E-state index contributed by atoms with van der Waals surface area (Å²) in [7, 11) is 0. The number of hydrogen-bond donors (Lipinski definition) is 3. The van der Waals surface area contributed by atoms with E-state index in [0.29, 0.717) is 5.69 Å². The van der Waals surface area contributed by atoms with Crippen molar-refractivity contribution in [1.29, 1.82) is 5.26 Å². The molecule has 0 unspecified atom stereocenters. The number of benzene rings is 1. The second kappa shape index (κ2) is 8.27. The number of amides is 2. The Hall–Kier alpha value is -2.65. The highest BCUT2D eigenvalue weighted by Gasteiger charge is 2.20. The fourth-order valence-electron chi connectivity index (χ4n) is 2.64. The lowest BCUT2D eigenvalue weighted by atomic mass is 9.97. The fraction of sp³-hybridized carbons (Fsp3) is 0.389. The van der Waals surface area contributed by atoms with Crippen LogP contribution in [0.25, 0.3) is 0 Å². The average molecular weight is 326 g/mol. The predicted octanol–water partition coefficient (Wildman–Crippen LogP) is 1.77. The first-order chi connectivity index (χ1) is 11.5. The van der Waals surface area contributed by atoms with Crippen LogP contribution in [0.1, 0.15) is 24.0 Å². The lowest BCUT2D eigenvalue weighted by Gasteiger charge is -2.20. The van der Waals surface area contributed by atoms with Crippen LogP contribution < -0.4 is 16.0 Å². The highest BCUT2D eigenvalue weighted by Crippen LogP contribution is 2.17. The standard InChI is InChI=1S/C18H22N4O2/c1-12-3-4-16(13(2)9-12)22-18(24)15(10-19)11-21-17(23)14-5-7-20-8-6-14/h3-4,9,11,14,20H,5-8H2,1-2H3,(H,21,23)(H,22,24)/b15-11-. The molecule has 24 heavy (non-hydrogen) atoms. The number of nitriles is 1. The van der Waals surface area contributed by atoms with Crippen LogP contribution in [0, 0.1) is 31.1 Å². The van der Waals surface area contributed by atoms with E-state index in [1.807, 2.05) is 32.0 Å². The molecule has 1 saturated heterocycles. The molecule has 0 aliphatic carbocycles. The number of anilines is 1. The Morgan fingerprint density at radius 1 is 1.29 bits per heavy atom. The van der Waals surface area contributed by atoms with Crippen molar-refractivity contribution in [1.82, 2.24) is 10.6 Å². The molecule has 1 aliphatic rings. The van der Waals surface area contributed by atoms with Crippen LogP contribution in [-0.2, 0) is 9.59 Å². The van der Waals surface area contributed by atoms with Crippen molar-refractivity contribution in [2.75, 3.05) is 18.4 Å². The third-order valence-corrected chi connectivity index (χ3v) is 4.06. The smallest absolute Gasteiger partial charge is 0.267 e. The normalized spacial score (nSPS) is 15.5. The van der Waals surface area contributed by atoms with Crippen LogP contribution in [0.2, 0.25) is 0 Å². The first kappa shape index (κ1) is 17.7. The number of piperidine rings is 1. The quantitative estimate of drug-likeness (QED) is 0.580. The molecule has 0 spiro atoms.